The van der Waals surface area contributed by atoms with Gasteiger partial charge >= 0.3 is 6.03 Å². The molecule has 0 spiro atoms. The molecule has 0 atom stereocenters. The molecule has 0 bridgehead atoms. The van der Waals surface area contributed by atoms with Crippen molar-refractivity contribution >= 4 is 23.3 Å². The Kier molecular flexibility index (Phi) is 5.70. The number of amides is 2. The molecule has 0 saturated heterocycles. The molecule has 2 amide bonds. The number of ether oxygens (including phenoxy) is 1. The maximum absolute atomic E-state index is 11.7. The molecule has 1 aromatic rings. The Morgan fingerprint density at radius 3 is 2.74 bits per heavy atom. The van der Waals surface area contributed by atoms with Crippen LogP contribution in [0.2, 0.25) is 5.02 Å². The number of hydrogen-bond acceptors (Lipinski definition) is 2. The minimum Gasteiger partial charge on any atom is -0.495 e. The summed E-state index contributed by atoms with van der Waals surface area (Å²) in [6.07, 6.45) is 2.58. The Hall–Kier alpha value is -1.68. The summed E-state index contributed by atoms with van der Waals surface area (Å²) in [4.78, 5) is 11.7. The van der Waals surface area contributed by atoms with Gasteiger partial charge < -0.3 is 15.4 Å². The summed E-state index contributed by atoms with van der Waals surface area (Å²) in [6.45, 7) is 5.84. The highest BCUT2D eigenvalue weighted by atomic mass is 35.5. The molecule has 5 heteroatoms. The maximum atomic E-state index is 11.7. The van der Waals surface area contributed by atoms with E-state index in [4.69, 9.17) is 16.3 Å². The van der Waals surface area contributed by atoms with Crippen molar-refractivity contribution < 1.29 is 9.53 Å². The first-order valence-corrected chi connectivity index (χ1v) is 6.43. The number of hydrogen-bond donors (Lipinski definition) is 2. The highest BCUT2D eigenvalue weighted by Crippen LogP contribution is 2.30. The lowest BCUT2D eigenvalue weighted by Gasteiger charge is -2.12. The van der Waals surface area contributed by atoms with Crippen LogP contribution >= 0.6 is 11.6 Å². The van der Waals surface area contributed by atoms with E-state index in [1.165, 1.54) is 7.11 Å². The fourth-order valence-electron chi connectivity index (χ4n) is 1.38. The standard InChI is InChI=1S/C14H19ClN2O2/c1-5-9(2)8-16-14(18)17-12-6-10(3)11(15)7-13(12)19-4/h6-8H,5H2,1-4H3,(H2,16,17,18)/b9-8+. The summed E-state index contributed by atoms with van der Waals surface area (Å²) in [5.41, 5.74) is 2.55. The predicted octanol–water partition coefficient (Wildman–Crippen LogP) is 4.09. The molecule has 0 aromatic heterocycles. The fourth-order valence-corrected chi connectivity index (χ4v) is 1.53. The second-order valence-electron chi connectivity index (χ2n) is 4.24. The zero-order chi connectivity index (χ0) is 14.4. The van der Waals surface area contributed by atoms with Crippen LogP contribution in [0.5, 0.6) is 5.75 Å². The zero-order valence-electron chi connectivity index (χ0n) is 11.6. The predicted molar refractivity (Wildman–Crippen MR) is 78.9 cm³/mol. The van der Waals surface area contributed by atoms with Crippen molar-refractivity contribution in [2.75, 3.05) is 12.4 Å². The highest BCUT2D eigenvalue weighted by molar-refractivity contribution is 6.31. The number of nitrogens with one attached hydrogen (secondary N) is 2. The molecule has 0 saturated carbocycles. The number of aryl methyl sites for hydroxylation is 1. The van der Waals surface area contributed by atoms with Crippen molar-refractivity contribution in [2.24, 2.45) is 0 Å². The number of halogens is 1. The van der Waals surface area contributed by atoms with Crippen LogP contribution in [0.15, 0.2) is 23.9 Å². The van der Waals surface area contributed by atoms with Crippen molar-refractivity contribution in [3.05, 3.63) is 34.5 Å². The first-order valence-electron chi connectivity index (χ1n) is 6.05. The van der Waals surface area contributed by atoms with Crippen molar-refractivity contribution in [3.8, 4) is 5.75 Å². The van der Waals surface area contributed by atoms with Gasteiger partial charge in [0.25, 0.3) is 0 Å². The molecule has 0 heterocycles. The Balaban J connectivity index is 2.82. The minimum absolute atomic E-state index is 0.312. The van der Waals surface area contributed by atoms with Crippen LogP contribution in [0.25, 0.3) is 0 Å². The topological polar surface area (TPSA) is 50.4 Å². The van der Waals surface area contributed by atoms with Crippen molar-refractivity contribution in [2.45, 2.75) is 27.2 Å². The summed E-state index contributed by atoms with van der Waals surface area (Å²) in [6, 6.07) is 3.14. The lowest BCUT2D eigenvalue weighted by molar-refractivity contribution is 0.255. The van der Waals surface area contributed by atoms with Crippen LogP contribution in [0.4, 0.5) is 10.5 Å². The molecule has 0 unspecified atom stereocenters. The molecule has 19 heavy (non-hydrogen) atoms. The lowest BCUT2D eigenvalue weighted by Crippen LogP contribution is -2.24. The van der Waals surface area contributed by atoms with Gasteiger partial charge in [0, 0.05) is 17.3 Å². The molecule has 0 fully saturated rings. The third kappa shape index (κ3) is 4.48. The van der Waals surface area contributed by atoms with Gasteiger partial charge in [-0.3, -0.25) is 0 Å². The van der Waals surface area contributed by atoms with Crippen LogP contribution in [0.3, 0.4) is 0 Å². The second kappa shape index (κ2) is 7.04. The van der Waals surface area contributed by atoms with Gasteiger partial charge in [-0.15, -0.1) is 0 Å². The van der Waals surface area contributed by atoms with E-state index in [2.05, 4.69) is 10.6 Å². The molecule has 1 rings (SSSR count). The molecule has 0 aliphatic heterocycles. The van der Waals surface area contributed by atoms with Gasteiger partial charge in [0.15, 0.2) is 0 Å². The van der Waals surface area contributed by atoms with Gasteiger partial charge in [0.2, 0.25) is 0 Å². The van der Waals surface area contributed by atoms with Crippen LogP contribution in [0.1, 0.15) is 25.8 Å². The monoisotopic (exact) mass is 282 g/mol. The molecule has 0 aliphatic rings. The molecule has 1 aromatic carbocycles. The third-order valence-electron chi connectivity index (χ3n) is 2.74. The first kappa shape index (κ1) is 15.4. The number of anilines is 1. The Labute approximate surface area is 118 Å². The summed E-state index contributed by atoms with van der Waals surface area (Å²) >= 11 is 6.00. The fraction of sp³-hybridized carbons (Fsp3) is 0.357. The molecule has 4 nitrogen and oxygen atoms in total. The minimum atomic E-state index is -0.312. The van der Waals surface area contributed by atoms with Crippen molar-refractivity contribution in [3.63, 3.8) is 0 Å². The number of rotatable bonds is 4. The molecule has 0 radical (unpaired) electrons. The van der Waals surface area contributed by atoms with Gasteiger partial charge in [-0.1, -0.05) is 24.1 Å². The van der Waals surface area contributed by atoms with Crippen LogP contribution in [-0.4, -0.2) is 13.1 Å². The van der Waals surface area contributed by atoms with Gasteiger partial charge in [-0.2, -0.15) is 0 Å². The average molecular weight is 283 g/mol. The summed E-state index contributed by atoms with van der Waals surface area (Å²) < 4.78 is 5.19. The van der Waals surface area contributed by atoms with E-state index in [9.17, 15) is 4.79 Å². The Morgan fingerprint density at radius 2 is 2.16 bits per heavy atom. The van der Waals surface area contributed by atoms with E-state index in [0.29, 0.717) is 16.5 Å². The van der Waals surface area contributed by atoms with Crippen molar-refractivity contribution in [1.29, 1.82) is 0 Å². The summed E-state index contributed by atoms with van der Waals surface area (Å²) in [5.74, 6) is 0.530. The van der Waals surface area contributed by atoms with E-state index in [0.717, 1.165) is 17.6 Å². The van der Waals surface area contributed by atoms with E-state index in [1.807, 2.05) is 20.8 Å². The lowest BCUT2D eigenvalue weighted by atomic mass is 10.2. The van der Waals surface area contributed by atoms with Gasteiger partial charge in [0.05, 0.1) is 12.8 Å². The second-order valence-corrected chi connectivity index (χ2v) is 4.65. The van der Waals surface area contributed by atoms with E-state index >= 15 is 0 Å². The molecule has 0 aliphatic carbocycles. The first-order chi connectivity index (χ1) is 8.97. The molecular formula is C14H19ClN2O2. The largest absolute Gasteiger partial charge is 0.495 e. The zero-order valence-corrected chi connectivity index (χ0v) is 12.4. The van der Waals surface area contributed by atoms with Gasteiger partial charge in [-0.25, -0.2) is 4.79 Å². The van der Waals surface area contributed by atoms with Crippen LogP contribution < -0.4 is 15.4 Å². The number of allylic oxidation sites excluding steroid dienone is 1. The van der Waals surface area contributed by atoms with E-state index in [1.54, 1.807) is 18.3 Å². The summed E-state index contributed by atoms with van der Waals surface area (Å²) in [5, 5.41) is 6.00. The molecule has 2 N–H and O–H groups in total. The molecular weight excluding hydrogens is 264 g/mol. The summed E-state index contributed by atoms with van der Waals surface area (Å²) in [7, 11) is 1.53. The number of carbonyl (C=O) groups is 1. The normalized spacial score (nSPS) is 11.1. The Morgan fingerprint density at radius 1 is 1.47 bits per heavy atom. The molecule has 104 valence electrons. The number of benzene rings is 1. The number of methoxy groups -OCH3 is 1. The smallest absolute Gasteiger partial charge is 0.323 e. The van der Waals surface area contributed by atoms with Crippen LogP contribution in [0, 0.1) is 6.92 Å². The number of urea groups is 1. The van der Waals surface area contributed by atoms with Gasteiger partial charge in [0.1, 0.15) is 5.75 Å². The van der Waals surface area contributed by atoms with Crippen molar-refractivity contribution in [1.82, 2.24) is 5.32 Å². The SMILES string of the molecule is CC/C(C)=C/NC(=O)Nc1cc(C)c(Cl)cc1OC. The van der Waals surface area contributed by atoms with Crippen LogP contribution in [-0.2, 0) is 0 Å². The van der Waals surface area contributed by atoms with Gasteiger partial charge in [-0.05, 0) is 31.9 Å². The average Bonchev–Trinajstić information content (AvgIpc) is 2.39. The quantitative estimate of drug-likeness (QED) is 0.874. The maximum Gasteiger partial charge on any atom is 0.323 e. The van der Waals surface area contributed by atoms with E-state index in [-0.39, 0.29) is 6.03 Å². The highest BCUT2D eigenvalue weighted by Gasteiger charge is 2.09. The number of carbonyl (C=O) groups excluding carboxylic acids is 1. The van der Waals surface area contributed by atoms with E-state index < -0.39 is 0 Å². The third-order valence-corrected chi connectivity index (χ3v) is 3.14. The Bertz CT molecular complexity index is 498.